The predicted octanol–water partition coefficient (Wildman–Crippen LogP) is 0.0376. The van der Waals surface area contributed by atoms with Crippen LogP contribution in [0.25, 0.3) is 0 Å². The van der Waals surface area contributed by atoms with Gasteiger partial charge in [0.15, 0.2) is 0 Å². The number of nitrogens with two attached hydrogens (primary N) is 1. The van der Waals surface area contributed by atoms with Crippen LogP contribution in [0.15, 0.2) is 12.4 Å². The highest BCUT2D eigenvalue weighted by molar-refractivity contribution is 5.41. The Morgan fingerprint density at radius 3 is 3.12 bits per heavy atom. The molecule has 2 atom stereocenters. The van der Waals surface area contributed by atoms with Crippen molar-refractivity contribution in [3.05, 3.63) is 12.4 Å². The molecule has 0 radical (unpaired) electrons. The smallest absolute Gasteiger partial charge is 0.218 e. The van der Waals surface area contributed by atoms with E-state index in [4.69, 9.17) is 15.2 Å². The Bertz CT molecular complexity index is 372. The Morgan fingerprint density at radius 1 is 1.59 bits per heavy atom. The molecule has 0 spiro atoms. The quantitative estimate of drug-likeness (QED) is 0.801. The maximum Gasteiger partial charge on any atom is 0.218 e. The molecule has 17 heavy (non-hydrogen) atoms. The zero-order valence-corrected chi connectivity index (χ0v) is 10.2. The highest BCUT2D eigenvalue weighted by atomic mass is 16.5. The van der Waals surface area contributed by atoms with Crippen molar-refractivity contribution in [2.75, 3.05) is 31.7 Å². The van der Waals surface area contributed by atoms with Gasteiger partial charge in [0.25, 0.3) is 0 Å². The summed E-state index contributed by atoms with van der Waals surface area (Å²) in [5, 5.41) is 0. The summed E-state index contributed by atoms with van der Waals surface area (Å²) in [6.07, 6.45) is 1.55. The lowest BCUT2D eigenvalue weighted by Gasteiger charge is -2.35. The predicted molar refractivity (Wildman–Crippen MR) is 64.2 cm³/mol. The first kappa shape index (κ1) is 12.1. The van der Waals surface area contributed by atoms with E-state index in [1.807, 2.05) is 13.0 Å². The molecule has 1 saturated heterocycles. The van der Waals surface area contributed by atoms with Crippen molar-refractivity contribution in [1.29, 1.82) is 0 Å². The molecule has 0 amide bonds. The van der Waals surface area contributed by atoms with Gasteiger partial charge in [-0.25, -0.2) is 9.97 Å². The normalized spacial score (nSPS) is 22.3. The van der Waals surface area contributed by atoms with Crippen LogP contribution in [0, 0.1) is 0 Å². The standard InChI is InChI=1S/C11H18N4O2/c1-8(12)9-6-15(3-4-17-9)10-5-11(16-2)14-7-13-10/h5,7-9H,3-4,6,12H2,1-2H3. The third-order valence-corrected chi connectivity index (χ3v) is 2.84. The molecule has 2 rings (SSSR count). The Hall–Kier alpha value is -1.40. The van der Waals surface area contributed by atoms with Crippen LogP contribution in [0.2, 0.25) is 0 Å². The average Bonchev–Trinajstić information content (AvgIpc) is 2.39. The first-order chi connectivity index (χ1) is 8.20. The fourth-order valence-corrected chi connectivity index (χ4v) is 1.82. The van der Waals surface area contributed by atoms with Crippen LogP contribution >= 0.6 is 0 Å². The van der Waals surface area contributed by atoms with Crippen LogP contribution in [0.4, 0.5) is 5.82 Å². The minimum atomic E-state index is 0.0153. The van der Waals surface area contributed by atoms with Gasteiger partial charge < -0.3 is 20.1 Å². The van der Waals surface area contributed by atoms with Crippen molar-refractivity contribution >= 4 is 5.82 Å². The molecule has 2 N–H and O–H groups in total. The summed E-state index contributed by atoms with van der Waals surface area (Å²) < 4.78 is 10.7. The Kier molecular flexibility index (Phi) is 3.75. The molecule has 1 aromatic rings. The van der Waals surface area contributed by atoms with E-state index in [9.17, 15) is 0 Å². The maximum absolute atomic E-state index is 5.85. The van der Waals surface area contributed by atoms with E-state index in [0.29, 0.717) is 12.5 Å². The number of hydrogen-bond acceptors (Lipinski definition) is 6. The van der Waals surface area contributed by atoms with Gasteiger partial charge >= 0.3 is 0 Å². The van der Waals surface area contributed by atoms with Crippen LogP contribution in [0.5, 0.6) is 5.88 Å². The SMILES string of the molecule is COc1cc(N2CCOC(C(C)N)C2)ncn1. The molecule has 0 aromatic carbocycles. The summed E-state index contributed by atoms with van der Waals surface area (Å²) >= 11 is 0. The zero-order chi connectivity index (χ0) is 12.3. The van der Waals surface area contributed by atoms with Crippen LogP contribution in [0.1, 0.15) is 6.92 Å². The summed E-state index contributed by atoms with van der Waals surface area (Å²) in [5.74, 6) is 1.42. The topological polar surface area (TPSA) is 73.5 Å². The fraction of sp³-hybridized carbons (Fsp3) is 0.636. The molecule has 1 aliphatic heterocycles. The lowest BCUT2D eigenvalue weighted by atomic mass is 10.1. The Labute approximate surface area is 101 Å². The van der Waals surface area contributed by atoms with Crippen molar-refractivity contribution < 1.29 is 9.47 Å². The molecule has 2 unspecified atom stereocenters. The van der Waals surface area contributed by atoms with E-state index in [-0.39, 0.29) is 12.1 Å². The van der Waals surface area contributed by atoms with Gasteiger partial charge in [-0.2, -0.15) is 0 Å². The van der Waals surface area contributed by atoms with Crippen LogP contribution in [0.3, 0.4) is 0 Å². The third-order valence-electron chi connectivity index (χ3n) is 2.84. The lowest BCUT2D eigenvalue weighted by molar-refractivity contribution is 0.0273. The van der Waals surface area contributed by atoms with Crippen molar-refractivity contribution in [3.8, 4) is 5.88 Å². The number of aromatic nitrogens is 2. The number of hydrogen-bond donors (Lipinski definition) is 1. The first-order valence-electron chi connectivity index (χ1n) is 5.69. The van der Waals surface area contributed by atoms with E-state index in [1.165, 1.54) is 6.33 Å². The van der Waals surface area contributed by atoms with Gasteiger partial charge in [-0.05, 0) is 6.92 Å². The Balaban J connectivity index is 2.10. The summed E-state index contributed by atoms with van der Waals surface area (Å²) in [5.41, 5.74) is 5.85. The summed E-state index contributed by atoms with van der Waals surface area (Å²) in [4.78, 5) is 10.4. The first-order valence-corrected chi connectivity index (χ1v) is 5.69. The zero-order valence-electron chi connectivity index (χ0n) is 10.2. The molecular weight excluding hydrogens is 220 g/mol. The van der Waals surface area contributed by atoms with Crippen molar-refractivity contribution in [2.24, 2.45) is 5.73 Å². The van der Waals surface area contributed by atoms with Gasteiger partial charge in [0.2, 0.25) is 5.88 Å². The van der Waals surface area contributed by atoms with E-state index in [2.05, 4.69) is 14.9 Å². The van der Waals surface area contributed by atoms with E-state index in [0.717, 1.165) is 18.9 Å². The summed E-state index contributed by atoms with van der Waals surface area (Å²) in [6.45, 7) is 4.18. The van der Waals surface area contributed by atoms with E-state index < -0.39 is 0 Å². The number of nitrogens with zero attached hydrogens (tertiary/aromatic N) is 3. The van der Waals surface area contributed by atoms with Crippen molar-refractivity contribution in [3.63, 3.8) is 0 Å². The summed E-state index contributed by atoms with van der Waals surface area (Å²) in [6, 6.07) is 1.84. The molecule has 0 bridgehead atoms. The maximum atomic E-state index is 5.85. The summed E-state index contributed by atoms with van der Waals surface area (Å²) in [7, 11) is 1.59. The molecule has 6 nitrogen and oxygen atoms in total. The molecule has 2 heterocycles. The second-order valence-electron chi connectivity index (χ2n) is 4.13. The van der Waals surface area contributed by atoms with Gasteiger partial charge in [-0.15, -0.1) is 0 Å². The van der Waals surface area contributed by atoms with Gasteiger partial charge in [0.05, 0.1) is 19.8 Å². The molecule has 0 saturated carbocycles. The molecule has 0 aliphatic carbocycles. The van der Waals surface area contributed by atoms with Gasteiger partial charge in [0, 0.05) is 25.2 Å². The van der Waals surface area contributed by atoms with Crippen LogP contribution < -0.4 is 15.4 Å². The van der Waals surface area contributed by atoms with E-state index >= 15 is 0 Å². The van der Waals surface area contributed by atoms with E-state index in [1.54, 1.807) is 7.11 Å². The number of morpholine rings is 1. The second kappa shape index (κ2) is 5.29. The minimum absolute atomic E-state index is 0.0153. The minimum Gasteiger partial charge on any atom is -0.481 e. The second-order valence-corrected chi connectivity index (χ2v) is 4.13. The molecule has 1 fully saturated rings. The molecule has 94 valence electrons. The number of methoxy groups -OCH3 is 1. The molecular formula is C11H18N4O2. The highest BCUT2D eigenvalue weighted by Gasteiger charge is 2.24. The van der Waals surface area contributed by atoms with Gasteiger partial charge in [0.1, 0.15) is 12.1 Å². The lowest BCUT2D eigenvalue weighted by Crippen LogP contribution is -2.49. The Morgan fingerprint density at radius 2 is 2.41 bits per heavy atom. The van der Waals surface area contributed by atoms with Crippen LogP contribution in [-0.2, 0) is 4.74 Å². The van der Waals surface area contributed by atoms with Gasteiger partial charge in [-0.1, -0.05) is 0 Å². The number of anilines is 1. The number of ether oxygens (including phenoxy) is 2. The van der Waals surface area contributed by atoms with Crippen molar-refractivity contribution in [2.45, 2.75) is 19.1 Å². The molecule has 6 heteroatoms. The molecule has 1 aliphatic rings. The number of rotatable bonds is 3. The average molecular weight is 238 g/mol. The van der Waals surface area contributed by atoms with Crippen molar-refractivity contribution in [1.82, 2.24) is 9.97 Å². The van der Waals surface area contributed by atoms with Gasteiger partial charge in [-0.3, -0.25) is 0 Å². The fourth-order valence-electron chi connectivity index (χ4n) is 1.82. The highest BCUT2D eigenvalue weighted by Crippen LogP contribution is 2.18. The monoisotopic (exact) mass is 238 g/mol. The largest absolute Gasteiger partial charge is 0.481 e. The molecule has 1 aromatic heterocycles. The third kappa shape index (κ3) is 2.83. The van der Waals surface area contributed by atoms with Crippen LogP contribution in [-0.4, -0.2) is 48.9 Å².